The van der Waals surface area contributed by atoms with Gasteiger partial charge in [-0.1, -0.05) is 36.7 Å². The summed E-state index contributed by atoms with van der Waals surface area (Å²) in [5.74, 6) is 0.733. The number of hydrogen-bond donors (Lipinski definition) is 1. The average molecular weight is 283 g/mol. The zero-order chi connectivity index (χ0) is 13.0. The van der Waals surface area contributed by atoms with E-state index in [1.54, 1.807) is 0 Å². The minimum Gasteiger partial charge on any atom is -0.488 e. The zero-order valence-corrected chi connectivity index (χ0v) is 11.7. The second-order valence-electron chi connectivity index (χ2n) is 3.96. The summed E-state index contributed by atoms with van der Waals surface area (Å²) in [6.07, 6.45) is 0.193. The van der Waals surface area contributed by atoms with Crippen molar-refractivity contribution in [1.29, 1.82) is 0 Å². The Kier molecular flexibility index (Phi) is 4.64. The third kappa shape index (κ3) is 3.25. The van der Waals surface area contributed by atoms with E-state index >= 15 is 0 Å². The highest BCUT2D eigenvalue weighted by Crippen LogP contribution is 2.29. The molecule has 0 aliphatic carbocycles. The van der Waals surface area contributed by atoms with Crippen LogP contribution in [0, 0.1) is 0 Å². The van der Waals surface area contributed by atoms with Gasteiger partial charge in [-0.05, 0) is 24.6 Å². The number of benzene rings is 1. The molecule has 0 aliphatic heterocycles. The number of aliphatic hydroxyl groups excluding tert-OH is 1. The van der Waals surface area contributed by atoms with Crippen LogP contribution in [-0.2, 0) is 6.61 Å². The molecule has 0 bridgehead atoms. The molecule has 2 aromatic rings. The number of rotatable bonds is 5. The second kappa shape index (κ2) is 6.23. The van der Waals surface area contributed by atoms with Crippen molar-refractivity contribution in [2.24, 2.45) is 0 Å². The summed E-state index contributed by atoms with van der Waals surface area (Å²) in [7, 11) is 0. The number of halogens is 1. The lowest BCUT2D eigenvalue weighted by atomic mass is 10.1. The number of thiophene rings is 1. The van der Waals surface area contributed by atoms with Gasteiger partial charge >= 0.3 is 0 Å². The molecule has 0 fully saturated rings. The Morgan fingerprint density at radius 2 is 2.06 bits per heavy atom. The molecule has 1 aromatic carbocycles. The first kappa shape index (κ1) is 13.4. The van der Waals surface area contributed by atoms with Gasteiger partial charge in [0.15, 0.2) is 0 Å². The monoisotopic (exact) mass is 282 g/mol. The molecule has 96 valence electrons. The Morgan fingerprint density at radius 3 is 2.72 bits per heavy atom. The van der Waals surface area contributed by atoms with Crippen molar-refractivity contribution in [3.63, 3.8) is 0 Å². The van der Waals surface area contributed by atoms with E-state index in [9.17, 15) is 5.11 Å². The van der Waals surface area contributed by atoms with Crippen LogP contribution < -0.4 is 4.74 Å². The first-order chi connectivity index (χ1) is 8.70. The van der Waals surface area contributed by atoms with E-state index in [0.717, 1.165) is 20.5 Å². The number of hydrogen-bond acceptors (Lipinski definition) is 3. The fourth-order valence-electron chi connectivity index (χ4n) is 1.69. The topological polar surface area (TPSA) is 29.5 Å². The van der Waals surface area contributed by atoms with Crippen molar-refractivity contribution in [1.82, 2.24) is 0 Å². The smallest absolute Gasteiger partial charge is 0.125 e. The fraction of sp³-hybridized carbons (Fsp3) is 0.286. The van der Waals surface area contributed by atoms with E-state index in [0.29, 0.717) is 13.0 Å². The van der Waals surface area contributed by atoms with Crippen molar-refractivity contribution < 1.29 is 9.84 Å². The van der Waals surface area contributed by atoms with Gasteiger partial charge in [-0.25, -0.2) is 0 Å². The van der Waals surface area contributed by atoms with Crippen molar-refractivity contribution in [2.75, 3.05) is 0 Å². The highest BCUT2D eigenvalue weighted by molar-refractivity contribution is 7.16. The lowest BCUT2D eigenvalue weighted by Gasteiger charge is -2.14. The maximum Gasteiger partial charge on any atom is 0.125 e. The predicted molar refractivity (Wildman–Crippen MR) is 75.4 cm³/mol. The van der Waals surface area contributed by atoms with Gasteiger partial charge in [0.25, 0.3) is 0 Å². The fourth-order valence-corrected chi connectivity index (χ4v) is 2.69. The summed E-state index contributed by atoms with van der Waals surface area (Å²) < 4.78 is 6.51. The predicted octanol–water partition coefficient (Wildman–Crippen LogP) is 4.42. The molecule has 1 N–H and O–H groups in total. The van der Waals surface area contributed by atoms with Gasteiger partial charge in [0, 0.05) is 10.4 Å². The van der Waals surface area contributed by atoms with Crippen LogP contribution in [0.1, 0.15) is 29.9 Å². The molecular formula is C14H15ClO2S. The molecule has 18 heavy (non-hydrogen) atoms. The van der Waals surface area contributed by atoms with E-state index in [1.807, 2.05) is 43.3 Å². The summed E-state index contributed by atoms with van der Waals surface area (Å²) in [6, 6.07) is 11.4. The lowest BCUT2D eigenvalue weighted by Crippen LogP contribution is -2.01. The van der Waals surface area contributed by atoms with Crippen molar-refractivity contribution in [3.8, 4) is 5.75 Å². The van der Waals surface area contributed by atoms with Gasteiger partial charge in [0.1, 0.15) is 12.4 Å². The molecule has 2 rings (SSSR count). The van der Waals surface area contributed by atoms with E-state index in [1.165, 1.54) is 11.3 Å². The minimum atomic E-state index is -0.479. The molecule has 0 saturated carbocycles. The zero-order valence-electron chi connectivity index (χ0n) is 10.1. The van der Waals surface area contributed by atoms with E-state index in [-0.39, 0.29) is 0 Å². The van der Waals surface area contributed by atoms with E-state index in [4.69, 9.17) is 16.3 Å². The molecule has 0 unspecified atom stereocenters. The molecule has 0 aliphatic rings. The van der Waals surface area contributed by atoms with Crippen molar-refractivity contribution >= 4 is 22.9 Å². The van der Waals surface area contributed by atoms with Crippen LogP contribution in [0.15, 0.2) is 36.4 Å². The Hall–Kier alpha value is -1.03. The molecule has 0 amide bonds. The first-order valence-electron chi connectivity index (χ1n) is 5.84. The van der Waals surface area contributed by atoms with Crippen LogP contribution in [0.3, 0.4) is 0 Å². The number of ether oxygens (including phenoxy) is 1. The van der Waals surface area contributed by atoms with Crippen LogP contribution in [0.2, 0.25) is 4.34 Å². The highest BCUT2D eigenvalue weighted by Gasteiger charge is 2.11. The summed E-state index contributed by atoms with van der Waals surface area (Å²) in [5, 5.41) is 9.91. The molecule has 0 radical (unpaired) electrons. The first-order valence-corrected chi connectivity index (χ1v) is 7.04. The molecule has 4 heteroatoms. The second-order valence-corrected chi connectivity index (χ2v) is 5.76. The van der Waals surface area contributed by atoms with Gasteiger partial charge in [-0.3, -0.25) is 0 Å². The van der Waals surface area contributed by atoms with Crippen molar-refractivity contribution in [2.45, 2.75) is 26.1 Å². The quantitative estimate of drug-likeness (QED) is 0.879. The molecule has 2 nitrogen and oxygen atoms in total. The highest BCUT2D eigenvalue weighted by atomic mass is 35.5. The third-order valence-electron chi connectivity index (χ3n) is 2.66. The standard InChI is InChI=1S/C14H15ClO2S/c1-2-12(16)11-5-3-4-6-13(11)17-9-10-7-8-14(15)18-10/h3-8,12,16H,2,9H2,1H3/t12-/m1/s1. The lowest BCUT2D eigenvalue weighted by molar-refractivity contribution is 0.166. The molecule has 1 atom stereocenters. The van der Waals surface area contributed by atoms with Gasteiger partial charge in [-0.15, -0.1) is 11.3 Å². The number of aliphatic hydroxyl groups is 1. The number of para-hydroxylation sites is 1. The Bertz CT molecular complexity index is 510. The molecular weight excluding hydrogens is 268 g/mol. The van der Waals surface area contributed by atoms with E-state index in [2.05, 4.69) is 0 Å². The SMILES string of the molecule is CC[C@@H](O)c1ccccc1OCc1ccc(Cl)s1. The molecule has 1 aromatic heterocycles. The van der Waals surface area contributed by atoms with Gasteiger partial charge in [-0.2, -0.15) is 0 Å². The van der Waals surface area contributed by atoms with Crippen LogP contribution in [0.4, 0.5) is 0 Å². The summed E-state index contributed by atoms with van der Waals surface area (Å²) in [5.41, 5.74) is 0.836. The normalized spacial score (nSPS) is 12.4. The van der Waals surface area contributed by atoms with Gasteiger partial charge < -0.3 is 9.84 Å². The third-order valence-corrected chi connectivity index (χ3v) is 3.87. The molecule has 0 saturated heterocycles. The van der Waals surface area contributed by atoms with E-state index < -0.39 is 6.10 Å². The molecule has 1 heterocycles. The largest absolute Gasteiger partial charge is 0.488 e. The average Bonchev–Trinajstić information content (AvgIpc) is 2.81. The summed E-state index contributed by atoms with van der Waals surface area (Å²) >= 11 is 7.37. The Labute approximate surface area is 116 Å². The van der Waals surface area contributed by atoms with Crippen molar-refractivity contribution in [3.05, 3.63) is 51.2 Å². The van der Waals surface area contributed by atoms with Crippen LogP contribution in [-0.4, -0.2) is 5.11 Å². The van der Waals surface area contributed by atoms with Gasteiger partial charge in [0.05, 0.1) is 10.4 Å². The minimum absolute atomic E-state index is 0.477. The summed E-state index contributed by atoms with van der Waals surface area (Å²) in [6.45, 7) is 2.42. The maximum absolute atomic E-state index is 9.91. The van der Waals surface area contributed by atoms with Crippen LogP contribution in [0.25, 0.3) is 0 Å². The van der Waals surface area contributed by atoms with Crippen LogP contribution in [0.5, 0.6) is 5.75 Å². The Morgan fingerprint density at radius 1 is 1.28 bits per heavy atom. The molecule has 0 spiro atoms. The van der Waals surface area contributed by atoms with Crippen LogP contribution >= 0.6 is 22.9 Å². The maximum atomic E-state index is 9.91. The Balaban J connectivity index is 2.09. The van der Waals surface area contributed by atoms with Gasteiger partial charge in [0.2, 0.25) is 0 Å². The summed E-state index contributed by atoms with van der Waals surface area (Å²) in [4.78, 5) is 1.07.